The molecule has 0 saturated carbocycles. The molecule has 0 saturated heterocycles. The fourth-order valence-corrected chi connectivity index (χ4v) is 1.04. The molecule has 2 heteroatoms. The Morgan fingerprint density at radius 1 is 1.58 bits per heavy atom. The van der Waals surface area contributed by atoms with E-state index in [0.717, 1.165) is 11.4 Å². The Hall–Kier alpha value is -1.57. The van der Waals surface area contributed by atoms with Gasteiger partial charge in [0.2, 0.25) is 5.69 Å². The fourth-order valence-electron chi connectivity index (χ4n) is 1.04. The van der Waals surface area contributed by atoms with Crippen LogP contribution in [0.15, 0.2) is 43.1 Å². The third kappa shape index (κ3) is 1.72. The maximum Gasteiger partial charge on any atom is 0.228 e. The standard InChI is InChI=1S/C10H13N2/c1-3-6-9(11)10-7-4-5-8-12(10)2/h3-8H,1,11H2,2H3/q+1/b9-6-. The summed E-state index contributed by atoms with van der Waals surface area (Å²) in [5.74, 6) is 0. The molecule has 1 aromatic heterocycles. The lowest BCUT2D eigenvalue weighted by molar-refractivity contribution is -0.673. The quantitative estimate of drug-likeness (QED) is 0.509. The summed E-state index contributed by atoms with van der Waals surface area (Å²) in [4.78, 5) is 0. The first-order chi connectivity index (χ1) is 5.75. The summed E-state index contributed by atoms with van der Waals surface area (Å²) in [5.41, 5.74) is 7.50. The summed E-state index contributed by atoms with van der Waals surface area (Å²) in [6.45, 7) is 3.59. The third-order valence-corrected chi connectivity index (χ3v) is 1.65. The van der Waals surface area contributed by atoms with Gasteiger partial charge in [0.1, 0.15) is 12.7 Å². The number of rotatable bonds is 2. The van der Waals surface area contributed by atoms with Crippen molar-refractivity contribution in [3.05, 3.63) is 48.8 Å². The first-order valence-electron chi connectivity index (χ1n) is 3.79. The second-order valence-electron chi connectivity index (χ2n) is 2.55. The van der Waals surface area contributed by atoms with Crippen LogP contribution in [0.1, 0.15) is 5.69 Å². The van der Waals surface area contributed by atoms with Gasteiger partial charge in [0.15, 0.2) is 6.20 Å². The summed E-state index contributed by atoms with van der Waals surface area (Å²) >= 11 is 0. The molecule has 0 aromatic carbocycles. The molecule has 0 aliphatic carbocycles. The van der Waals surface area contributed by atoms with E-state index < -0.39 is 0 Å². The molecule has 12 heavy (non-hydrogen) atoms. The normalized spacial score (nSPS) is 11.2. The number of pyridine rings is 1. The molecule has 0 atom stereocenters. The van der Waals surface area contributed by atoms with E-state index in [1.807, 2.05) is 36.0 Å². The molecule has 0 radical (unpaired) electrons. The van der Waals surface area contributed by atoms with Crippen LogP contribution in [0.25, 0.3) is 5.70 Å². The van der Waals surface area contributed by atoms with Crippen molar-refractivity contribution in [3.8, 4) is 0 Å². The van der Waals surface area contributed by atoms with Crippen LogP contribution in [0.5, 0.6) is 0 Å². The molecule has 62 valence electrons. The van der Waals surface area contributed by atoms with E-state index in [1.165, 1.54) is 0 Å². The summed E-state index contributed by atoms with van der Waals surface area (Å²) in [7, 11) is 1.96. The van der Waals surface area contributed by atoms with Crippen molar-refractivity contribution < 1.29 is 4.57 Å². The van der Waals surface area contributed by atoms with Crippen molar-refractivity contribution >= 4 is 5.70 Å². The van der Waals surface area contributed by atoms with Gasteiger partial charge in [-0.1, -0.05) is 12.7 Å². The van der Waals surface area contributed by atoms with Crippen molar-refractivity contribution in [2.45, 2.75) is 0 Å². The van der Waals surface area contributed by atoms with E-state index in [4.69, 9.17) is 5.73 Å². The highest BCUT2D eigenvalue weighted by molar-refractivity contribution is 5.58. The zero-order chi connectivity index (χ0) is 8.97. The number of allylic oxidation sites excluding steroid dienone is 2. The predicted octanol–water partition coefficient (Wildman–Crippen LogP) is 0.997. The van der Waals surface area contributed by atoms with Crippen LogP contribution in [0.3, 0.4) is 0 Å². The highest BCUT2D eigenvalue weighted by Crippen LogP contribution is 2.01. The summed E-state index contributed by atoms with van der Waals surface area (Å²) < 4.78 is 1.97. The molecule has 1 aromatic rings. The van der Waals surface area contributed by atoms with Gasteiger partial charge in [-0.05, 0) is 12.1 Å². The van der Waals surface area contributed by atoms with Gasteiger partial charge in [-0.25, -0.2) is 0 Å². The Morgan fingerprint density at radius 3 is 2.92 bits per heavy atom. The Labute approximate surface area is 72.6 Å². The molecular formula is C10H13N2+. The average molecular weight is 161 g/mol. The minimum atomic E-state index is 0.730. The molecule has 0 fully saturated rings. The van der Waals surface area contributed by atoms with Gasteiger partial charge < -0.3 is 5.73 Å². The molecule has 0 amide bonds. The van der Waals surface area contributed by atoms with Crippen LogP contribution in [0.2, 0.25) is 0 Å². The molecular weight excluding hydrogens is 148 g/mol. The number of aryl methyl sites for hydroxylation is 1. The topological polar surface area (TPSA) is 29.9 Å². The molecule has 1 heterocycles. The summed E-state index contributed by atoms with van der Waals surface area (Å²) in [6.07, 6.45) is 5.43. The first-order valence-corrected chi connectivity index (χ1v) is 3.79. The molecule has 1 rings (SSSR count). The maximum atomic E-state index is 5.78. The predicted molar refractivity (Wildman–Crippen MR) is 50.0 cm³/mol. The van der Waals surface area contributed by atoms with Crippen LogP contribution in [-0.4, -0.2) is 0 Å². The Kier molecular flexibility index (Phi) is 2.64. The second-order valence-corrected chi connectivity index (χ2v) is 2.55. The maximum absolute atomic E-state index is 5.78. The fraction of sp³-hybridized carbons (Fsp3) is 0.100. The van der Waals surface area contributed by atoms with Gasteiger partial charge >= 0.3 is 0 Å². The molecule has 0 bridgehead atoms. The third-order valence-electron chi connectivity index (χ3n) is 1.65. The molecule has 2 N–H and O–H groups in total. The Balaban J connectivity index is 3.10. The lowest BCUT2D eigenvalue weighted by atomic mass is 10.2. The molecule has 0 spiro atoms. The van der Waals surface area contributed by atoms with Gasteiger partial charge in [0, 0.05) is 12.1 Å². The van der Waals surface area contributed by atoms with Gasteiger partial charge in [-0.2, -0.15) is 4.57 Å². The van der Waals surface area contributed by atoms with E-state index >= 15 is 0 Å². The van der Waals surface area contributed by atoms with E-state index in [9.17, 15) is 0 Å². The van der Waals surface area contributed by atoms with Crippen LogP contribution in [0, 0.1) is 0 Å². The van der Waals surface area contributed by atoms with Crippen LogP contribution >= 0.6 is 0 Å². The van der Waals surface area contributed by atoms with Crippen molar-refractivity contribution in [2.24, 2.45) is 12.8 Å². The zero-order valence-electron chi connectivity index (χ0n) is 7.20. The molecule has 0 unspecified atom stereocenters. The second kappa shape index (κ2) is 3.72. The van der Waals surface area contributed by atoms with Gasteiger partial charge in [-0.15, -0.1) is 0 Å². The largest absolute Gasteiger partial charge is 0.393 e. The first kappa shape index (κ1) is 8.53. The number of hydrogen-bond donors (Lipinski definition) is 1. The van der Waals surface area contributed by atoms with Crippen molar-refractivity contribution in [2.75, 3.05) is 0 Å². The SMILES string of the molecule is C=C/C=C(\N)c1cccc[n+]1C. The van der Waals surface area contributed by atoms with Crippen molar-refractivity contribution in [1.29, 1.82) is 0 Å². The number of hydrogen-bond acceptors (Lipinski definition) is 1. The number of nitrogens with two attached hydrogens (primary N) is 1. The van der Waals surface area contributed by atoms with Gasteiger partial charge in [0.05, 0.1) is 0 Å². The summed E-state index contributed by atoms with van der Waals surface area (Å²) in [6, 6.07) is 5.89. The van der Waals surface area contributed by atoms with E-state index in [0.29, 0.717) is 0 Å². The minimum Gasteiger partial charge on any atom is -0.393 e. The lowest BCUT2D eigenvalue weighted by Crippen LogP contribution is -2.33. The van der Waals surface area contributed by atoms with Gasteiger partial charge in [-0.3, -0.25) is 0 Å². The molecule has 0 aliphatic rings. The zero-order valence-corrected chi connectivity index (χ0v) is 7.20. The smallest absolute Gasteiger partial charge is 0.228 e. The lowest BCUT2D eigenvalue weighted by Gasteiger charge is -1.97. The Morgan fingerprint density at radius 2 is 2.33 bits per heavy atom. The number of aromatic nitrogens is 1. The van der Waals surface area contributed by atoms with E-state index in [2.05, 4.69) is 6.58 Å². The Bertz CT molecular complexity index is 313. The number of nitrogens with zero attached hydrogens (tertiary/aromatic N) is 1. The van der Waals surface area contributed by atoms with Crippen LogP contribution in [0.4, 0.5) is 0 Å². The van der Waals surface area contributed by atoms with Crippen molar-refractivity contribution in [3.63, 3.8) is 0 Å². The average Bonchev–Trinajstić information content (AvgIpc) is 2.05. The van der Waals surface area contributed by atoms with Crippen LogP contribution in [-0.2, 0) is 7.05 Å². The highest BCUT2D eigenvalue weighted by Gasteiger charge is 2.05. The van der Waals surface area contributed by atoms with Gasteiger partial charge in [0.25, 0.3) is 0 Å². The highest BCUT2D eigenvalue weighted by atomic mass is 14.9. The van der Waals surface area contributed by atoms with E-state index in [1.54, 1.807) is 12.2 Å². The molecule has 2 nitrogen and oxygen atoms in total. The monoisotopic (exact) mass is 161 g/mol. The van der Waals surface area contributed by atoms with Crippen LogP contribution < -0.4 is 10.3 Å². The van der Waals surface area contributed by atoms with Crippen molar-refractivity contribution in [1.82, 2.24) is 0 Å². The molecule has 0 aliphatic heterocycles. The minimum absolute atomic E-state index is 0.730. The van der Waals surface area contributed by atoms with E-state index in [-0.39, 0.29) is 0 Å². The summed E-state index contributed by atoms with van der Waals surface area (Å²) in [5, 5.41) is 0.